The number of carbonyl (C=O) groups is 2. The topological polar surface area (TPSA) is 87.3 Å². The molecule has 1 aromatic heterocycles. The Morgan fingerprint density at radius 1 is 1.50 bits per heavy atom. The molecule has 0 radical (unpaired) electrons. The molecule has 0 saturated heterocycles. The minimum Gasteiger partial charge on any atom is -0.444 e. The summed E-state index contributed by atoms with van der Waals surface area (Å²) in [5, 5.41) is 2.55. The molecule has 0 saturated carbocycles. The van der Waals surface area contributed by atoms with Gasteiger partial charge in [0.2, 0.25) is 11.9 Å². The lowest BCUT2D eigenvalue weighted by molar-refractivity contribution is -0.120. The largest absolute Gasteiger partial charge is 0.444 e. The first-order valence-electron chi connectivity index (χ1n) is 5.92. The molecule has 7 nitrogen and oxygen atoms in total. The van der Waals surface area contributed by atoms with Crippen LogP contribution < -0.4 is 5.32 Å². The third kappa shape index (κ3) is 4.89. The van der Waals surface area contributed by atoms with E-state index in [9.17, 15) is 9.59 Å². The number of amides is 2. The Balaban J connectivity index is 2.64. The molecule has 9 heteroatoms. The van der Waals surface area contributed by atoms with Gasteiger partial charge in [-0.25, -0.2) is 4.79 Å². The summed E-state index contributed by atoms with van der Waals surface area (Å²) in [4.78, 5) is 29.0. The molecule has 1 heterocycles. The van der Waals surface area contributed by atoms with Gasteiger partial charge in [0.1, 0.15) is 11.6 Å². The van der Waals surface area contributed by atoms with Crippen molar-refractivity contribution < 1.29 is 14.3 Å². The van der Waals surface area contributed by atoms with Gasteiger partial charge in [-0.05, 0) is 51.4 Å². The van der Waals surface area contributed by atoms with Crippen LogP contribution in [0.4, 0.5) is 10.7 Å². The van der Waals surface area contributed by atoms with Crippen LogP contribution in [0.2, 0.25) is 0 Å². The molecule has 1 aromatic rings. The smallest absolute Gasteiger partial charge is 0.410 e. The fraction of sp³-hybridized carbons (Fsp3) is 0.636. The summed E-state index contributed by atoms with van der Waals surface area (Å²) >= 11 is 5.98. The number of anilines is 1. The quantitative estimate of drug-likeness (QED) is 0.836. The van der Waals surface area contributed by atoms with Crippen molar-refractivity contribution in [1.29, 1.82) is 0 Å². The summed E-state index contributed by atoms with van der Waals surface area (Å²) in [6.07, 6.45) is -0.564. The monoisotopic (exact) mass is 318 g/mol. The summed E-state index contributed by atoms with van der Waals surface area (Å²) in [7, 11) is 1.50. The van der Waals surface area contributed by atoms with Crippen molar-refractivity contribution in [3.8, 4) is 0 Å². The molecule has 0 aliphatic rings. The second kappa shape index (κ2) is 6.31. The van der Waals surface area contributed by atoms with Crippen LogP contribution in [0.15, 0.2) is 0 Å². The Labute approximate surface area is 126 Å². The number of ether oxygens (including phenoxy) is 1. The number of aromatic nitrogens is 2. The van der Waals surface area contributed by atoms with Crippen molar-refractivity contribution in [2.24, 2.45) is 0 Å². The number of aromatic amines is 1. The number of H-pyrrole nitrogens is 1. The van der Waals surface area contributed by atoms with E-state index in [1.807, 2.05) is 0 Å². The first-order chi connectivity index (χ1) is 9.10. The zero-order valence-electron chi connectivity index (χ0n) is 12.0. The van der Waals surface area contributed by atoms with Gasteiger partial charge in [-0.2, -0.15) is 4.98 Å². The molecular formula is C11H18N4O3S2. The highest BCUT2D eigenvalue weighted by atomic mass is 32.2. The number of nitrogens with one attached hydrogen (secondary N) is 2. The molecule has 112 valence electrons. The summed E-state index contributed by atoms with van der Waals surface area (Å²) in [5.41, 5.74) is -0.610. The average molecular weight is 318 g/mol. The highest BCUT2D eigenvalue weighted by Crippen LogP contribution is 2.11. The minimum absolute atomic E-state index is 0.273. The minimum atomic E-state index is -0.700. The first-order valence-corrected chi connectivity index (χ1v) is 7.15. The lowest BCUT2D eigenvalue weighted by Crippen LogP contribution is -2.45. The van der Waals surface area contributed by atoms with Gasteiger partial charge < -0.3 is 4.74 Å². The number of hydrogen-bond donors (Lipinski definition) is 2. The van der Waals surface area contributed by atoms with Crippen LogP contribution in [0.25, 0.3) is 0 Å². The van der Waals surface area contributed by atoms with Gasteiger partial charge in [0.15, 0.2) is 3.95 Å². The van der Waals surface area contributed by atoms with E-state index in [0.717, 1.165) is 11.5 Å². The van der Waals surface area contributed by atoms with Crippen LogP contribution in [-0.2, 0) is 9.53 Å². The summed E-state index contributed by atoms with van der Waals surface area (Å²) in [6, 6.07) is -0.700. The predicted molar refractivity (Wildman–Crippen MR) is 79.4 cm³/mol. The fourth-order valence-corrected chi connectivity index (χ4v) is 1.81. The number of likely N-dealkylation sites (N-methyl/N-ethyl adjacent to an activating group) is 1. The summed E-state index contributed by atoms with van der Waals surface area (Å²) < 4.78 is 8.35. The van der Waals surface area contributed by atoms with Crippen molar-refractivity contribution in [3.05, 3.63) is 3.95 Å². The van der Waals surface area contributed by atoms with E-state index in [1.165, 1.54) is 11.9 Å². The molecule has 0 spiro atoms. The van der Waals surface area contributed by atoms with E-state index in [2.05, 4.69) is 14.7 Å². The zero-order chi connectivity index (χ0) is 15.5. The number of carbonyl (C=O) groups excluding carboxylic acids is 2. The molecular weight excluding hydrogens is 300 g/mol. The molecule has 0 aromatic carbocycles. The third-order valence-electron chi connectivity index (χ3n) is 2.32. The van der Waals surface area contributed by atoms with Crippen LogP contribution in [0, 0.1) is 3.95 Å². The van der Waals surface area contributed by atoms with Gasteiger partial charge in [-0.3, -0.25) is 19.4 Å². The Morgan fingerprint density at radius 3 is 2.55 bits per heavy atom. The fourth-order valence-electron chi connectivity index (χ4n) is 1.17. The van der Waals surface area contributed by atoms with Crippen molar-refractivity contribution in [2.45, 2.75) is 39.3 Å². The van der Waals surface area contributed by atoms with Gasteiger partial charge in [0.25, 0.3) is 0 Å². The maximum Gasteiger partial charge on any atom is 0.410 e. The van der Waals surface area contributed by atoms with Crippen molar-refractivity contribution in [2.75, 3.05) is 12.4 Å². The second-order valence-corrected chi connectivity index (χ2v) is 6.63. The number of nitrogens with zero attached hydrogens (tertiary/aromatic N) is 2. The first kappa shape index (κ1) is 16.6. The zero-order valence-corrected chi connectivity index (χ0v) is 13.6. The second-order valence-electron chi connectivity index (χ2n) is 5.19. The van der Waals surface area contributed by atoms with Gasteiger partial charge in [0.05, 0.1) is 0 Å². The highest BCUT2D eigenvalue weighted by molar-refractivity contribution is 7.73. The van der Waals surface area contributed by atoms with Gasteiger partial charge in [-0.15, -0.1) is 0 Å². The molecule has 2 amide bonds. The van der Waals surface area contributed by atoms with Gasteiger partial charge in [0, 0.05) is 7.05 Å². The lowest BCUT2D eigenvalue weighted by Gasteiger charge is -2.27. The molecule has 2 N–H and O–H groups in total. The molecule has 1 rings (SSSR count). The van der Waals surface area contributed by atoms with Crippen molar-refractivity contribution >= 4 is 41.7 Å². The van der Waals surface area contributed by atoms with E-state index in [1.54, 1.807) is 27.7 Å². The molecule has 1 unspecified atom stereocenters. The molecule has 0 aliphatic carbocycles. The average Bonchev–Trinajstić information content (AvgIpc) is 2.70. The van der Waals surface area contributed by atoms with Crippen LogP contribution in [0.1, 0.15) is 27.7 Å². The van der Waals surface area contributed by atoms with Crippen molar-refractivity contribution in [1.82, 2.24) is 14.3 Å². The molecule has 0 bridgehead atoms. The Hall–Kier alpha value is -1.48. The van der Waals surface area contributed by atoms with Crippen LogP contribution in [0.5, 0.6) is 0 Å². The van der Waals surface area contributed by atoms with E-state index >= 15 is 0 Å². The Kier molecular flexibility index (Phi) is 5.23. The van der Waals surface area contributed by atoms with E-state index in [4.69, 9.17) is 17.0 Å². The maximum atomic E-state index is 12.0. The summed E-state index contributed by atoms with van der Waals surface area (Å²) in [6.45, 7) is 6.89. The van der Waals surface area contributed by atoms with Gasteiger partial charge in [-0.1, -0.05) is 0 Å². The molecule has 0 fully saturated rings. The van der Waals surface area contributed by atoms with E-state index in [-0.39, 0.29) is 11.9 Å². The van der Waals surface area contributed by atoms with Crippen molar-refractivity contribution in [3.63, 3.8) is 0 Å². The summed E-state index contributed by atoms with van der Waals surface area (Å²) in [5.74, 6) is -0.107. The Bertz CT molecular complexity index is 546. The van der Waals surface area contributed by atoms with E-state index in [0.29, 0.717) is 3.95 Å². The highest BCUT2D eigenvalue weighted by Gasteiger charge is 2.27. The maximum absolute atomic E-state index is 12.0. The Morgan fingerprint density at radius 2 is 2.10 bits per heavy atom. The lowest BCUT2D eigenvalue weighted by atomic mass is 10.2. The predicted octanol–water partition coefficient (Wildman–Crippen LogP) is 2.39. The molecule has 20 heavy (non-hydrogen) atoms. The number of hydrogen-bond acceptors (Lipinski definition) is 6. The standard InChI is InChI=1S/C11H18N4O3S2/c1-6(15(5)10(17)18-11(2,3)4)7(16)12-8-13-9(19)20-14-8/h6H,1-5H3,(H2,12,13,14,16,19). The van der Waals surface area contributed by atoms with E-state index < -0.39 is 17.7 Å². The normalized spacial score (nSPS) is 12.7. The third-order valence-corrected chi connectivity index (χ3v) is 3.22. The van der Waals surface area contributed by atoms with Crippen LogP contribution >= 0.6 is 23.8 Å². The number of rotatable bonds is 3. The molecule has 1 atom stereocenters. The molecule has 0 aliphatic heterocycles. The SMILES string of the molecule is CC(C(=O)Nc1nc(=S)s[nH]1)N(C)C(=O)OC(C)(C)C. The van der Waals surface area contributed by atoms with Crippen LogP contribution in [0.3, 0.4) is 0 Å². The van der Waals surface area contributed by atoms with Crippen LogP contribution in [-0.4, -0.2) is 44.9 Å². The van der Waals surface area contributed by atoms with Gasteiger partial charge >= 0.3 is 6.09 Å².